The third-order valence-electron chi connectivity index (χ3n) is 2.77. The Hall–Kier alpha value is -0.380. The summed E-state index contributed by atoms with van der Waals surface area (Å²) in [5, 5.41) is 3.49. The molecule has 3 heteroatoms. The van der Waals surface area contributed by atoms with Crippen molar-refractivity contribution in [1.82, 2.24) is 5.32 Å². The maximum atomic E-state index is 5.85. The van der Waals surface area contributed by atoms with Gasteiger partial charge in [-0.2, -0.15) is 0 Å². The molecule has 2 nitrogen and oxygen atoms in total. The van der Waals surface area contributed by atoms with Crippen molar-refractivity contribution < 1.29 is 4.74 Å². The minimum atomic E-state index is -0.000949. The average Bonchev–Trinajstić information content (AvgIpc) is 2.17. The van der Waals surface area contributed by atoms with E-state index < -0.39 is 0 Å². The zero-order chi connectivity index (χ0) is 10.9. The van der Waals surface area contributed by atoms with Crippen molar-refractivity contribution in [2.75, 3.05) is 13.2 Å². The summed E-state index contributed by atoms with van der Waals surface area (Å²) in [5.41, 5.74) is 1.22. The molecule has 2 rings (SSSR count). The molecule has 0 bridgehead atoms. The standard InChI is InChI=1S/C12H16BrNO/c1-12(2)11(15-7-6-14-12)9-4-3-5-10(13)8-9/h3-5,8,11,14H,6-7H2,1-2H3/t11-/m0/s1. The Morgan fingerprint density at radius 1 is 1.47 bits per heavy atom. The van der Waals surface area contributed by atoms with Gasteiger partial charge in [0.25, 0.3) is 0 Å². The number of rotatable bonds is 1. The van der Waals surface area contributed by atoms with Gasteiger partial charge in [-0.1, -0.05) is 28.1 Å². The van der Waals surface area contributed by atoms with E-state index in [1.54, 1.807) is 0 Å². The van der Waals surface area contributed by atoms with Gasteiger partial charge in [-0.3, -0.25) is 0 Å². The second-order valence-electron chi connectivity index (χ2n) is 4.45. The molecule has 0 aromatic heterocycles. The van der Waals surface area contributed by atoms with Crippen LogP contribution in [0.5, 0.6) is 0 Å². The van der Waals surface area contributed by atoms with Gasteiger partial charge in [0.2, 0.25) is 0 Å². The van der Waals surface area contributed by atoms with Crippen LogP contribution in [0.25, 0.3) is 0 Å². The number of morpholine rings is 1. The van der Waals surface area contributed by atoms with Gasteiger partial charge < -0.3 is 10.1 Å². The van der Waals surface area contributed by atoms with Crippen LogP contribution in [-0.2, 0) is 4.74 Å². The Balaban J connectivity index is 2.29. The lowest BCUT2D eigenvalue weighted by Crippen LogP contribution is -2.51. The molecule has 1 saturated heterocycles. The molecule has 0 unspecified atom stereocenters. The first kappa shape index (κ1) is 11.1. The van der Waals surface area contributed by atoms with Gasteiger partial charge in [0, 0.05) is 16.6 Å². The molecule has 0 amide bonds. The summed E-state index contributed by atoms with van der Waals surface area (Å²) < 4.78 is 6.95. The van der Waals surface area contributed by atoms with E-state index in [0.29, 0.717) is 0 Å². The Bertz CT molecular complexity index is 351. The summed E-state index contributed by atoms with van der Waals surface area (Å²) in [7, 11) is 0. The fourth-order valence-corrected chi connectivity index (χ4v) is 2.45. The van der Waals surface area contributed by atoms with Crippen molar-refractivity contribution in [2.45, 2.75) is 25.5 Å². The molecule has 1 aromatic rings. The highest BCUT2D eigenvalue weighted by molar-refractivity contribution is 9.10. The van der Waals surface area contributed by atoms with E-state index in [1.807, 2.05) is 12.1 Å². The first-order valence-electron chi connectivity index (χ1n) is 5.22. The topological polar surface area (TPSA) is 21.3 Å². The number of nitrogens with one attached hydrogen (secondary N) is 1. The largest absolute Gasteiger partial charge is 0.370 e. The predicted molar refractivity (Wildman–Crippen MR) is 64.9 cm³/mol. The first-order valence-corrected chi connectivity index (χ1v) is 6.01. The van der Waals surface area contributed by atoms with E-state index in [1.165, 1.54) is 5.56 Å². The van der Waals surface area contributed by atoms with E-state index >= 15 is 0 Å². The van der Waals surface area contributed by atoms with Gasteiger partial charge >= 0.3 is 0 Å². The molecular formula is C12H16BrNO. The maximum Gasteiger partial charge on any atom is 0.100 e. The second-order valence-corrected chi connectivity index (χ2v) is 5.37. The summed E-state index contributed by atoms with van der Waals surface area (Å²) >= 11 is 3.49. The summed E-state index contributed by atoms with van der Waals surface area (Å²) in [6.07, 6.45) is 0.128. The molecule has 0 saturated carbocycles. The molecule has 1 atom stereocenters. The van der Waals surface area contributed by atoms with Crippen LogP contribution in [0.3, 0.4) is 0 Å². The number of benzene rings is 1. The van der Waals surface area contributed by atoms with Crippen molar-refractivity contribution in [1.29, 1.82) is 0 Å². The number of halogens is 1. The van der Waals surface area contributed by atoms with Crippen LogP contribution in [0.1, 0.15) is 25.5 Å². The molecule has 1 N–H and O–H groups in total. The zero-order valence-corrected chi connectivity index (χ0v) is 10.7. The SMILES string of the molecule is CC1(C)NCCO[C@H]1c1cccc(Br)c1. The number of hydrogen-bond acceptors (Lipinski definition) is 2. The fourth-order valence-electron chi connectivity index (χ4n) is 2.03. The smallest absolute Gasteiger partial charge is 0.100 e. The molecule has 1 heterocycles. The zero-order valence-electron chi connectivity index (χ0n) is 9.09. The van der Waals surface area contributed by atoms with Crippen LogP contribution in [0.4, 0.5) is 0 Å². The Labute approximate surface area is 99.1 Å². The molecule has 1 fully saturated rings. The summed E-state index contributed by atoms with van der Waals surface area (Å²) in [4.78, 5) is 0. The summed E-state index contributed by atoms with van der Waals surface area (Å²) in [6, 6.07) is 8.32. The Kier molecular flexibility index (Phi) is 3.14. The molecular weight excluding hydrogens is 254 g/mol. The van der Waals surface area contributed by atoms with E-state index in [9.17, 15) is 0 Å². The number of hydrogen-bond donors (Lipinski definition) is 1. The fraction of sp³-hybridized carbons (Fsp3) is 0.500. The normalized spacial score (nSPS) is 25.1. The lowest BCUT2D eigenvalue weighted by atomic mass is 9.90. The third kappa shape index (κ3) is 2.41. The van der Waals surface area contributed by atoms with Crippen molar-refractivity contribution in [3.8, 4) is 0 Å². The quantitative estimate of drug-likeness (QED) is 0.847. The van der Waals surface area contributed by atoms with Gasteiger partial charge in [0.15, 0.2) is 0 Å². The Morgan fingerprint density at radius 3 is 2.93 bits per heavy atom. The monoisotopic (exact) mass is 269 g/mol. The van der Waals surface area contributed by atoms with E-state index in [2.05, 4.69) is 47.2 Å². The van der Waals surface area contributed by atoms with Gasteiger partial charge in [0.05, 0.1) is 6.61 Å². The Morgan fingerprint density at radius 2 is 2.27 bits per heavy atom. The van der Waals surface area contributed by atoms with E-state index in [-0.39, 0.29) is 11.6 Å². The van der Waals surface area contributed by atoms with Crippen LogP contribution in [0.15, 0.2) is 28.7 Å². The average molecular weight is 270 g/mol. The van der Waals surface area contributed by atoms with Crippen LogP contribution in [0.2, 0.25) is 0 Å². The first-order chi connectivity index (χ1) is 7.09. The lowest BCUT2D eigenvalue weighted by molar-refractivity contribution is -0.0388. The lowest BCUT2D eigenvalue weighted by Gasteiger charge is -2.39. The molecule has 1 aliphatic heterocycles. The van der Waals surface area contributed by atoms with Gasteiger partial charge in [-0.05, 0) is 31.5 Å². The van der Waals surface area contributed by atoms with Crippen LogP contribution in [-0.4, -0.2) is 18.7 Å². The minimum Gasteiger partial charge on any atom is -0.370 e. The summed E-state index contributed by atoms with van der Waals surface area (Å²) in [6.45, 7) is 6.06. The third-order valence-corrected chi connectivity index (χ3v) is 3.27. The predicted octanol–water partition coefficient (Wildman–Crippen LogP) is 2.89. The molecule has 1 aliphatic rings. The van der Waals surface area contributed by atoms with E-state index in [4.69, 9.17) is 4.74 Å². The molecule has 0 radical (unpaired) electrons. The maximum absolute atomic E-state index is 5.85. The molecule has 0 spiro atoms. The minimum absolute atomic E-state index is 0.000949. The van der Waals surface area contributed by atoms with Gasteiger partial charge in [-0.15, -0.1) is 0 Å². The highest BCUT2D eigenvalue weighted by Gasteiger charge is 2.34. The van der Waals surface area contributed by atoms with Crippen LogP contribution < -0.4 is 5.32 Å². The molecule has 15 heavy (non-hydrogen) atoms. The summed E-state index contributed by atoms with van der Waals surface area (Å²) in [5.74, 6) is 0. The van der Waals surface area contributed by atoms with Crippen molar-refractivity contribution in [3.63, 3.8) is 0 Å². The van der Waals surface area contributed by atoms with Gasteiger partial charge in [-0.25, -0.2) is 0 Å². The van der Waals surface area contributed by atoms with Gasteiger partial charge in [0.1, 0.15) is 6.10 Å². The molecule has 0 aliphatic carbocycles. The van der Waals surface area contributed by atoms with Crippen LogP contribution in [0, 0.1) is 0 Å². The molecule has 1 aromatic carbocycles. The van der Waals surface area contributed by atoms with Crippen molar-refractivity contribution in [2.24, 2.45) is 0 Å². The van der Waals surface area contributed by atoms with Crippen molar-refractivity contribution in [3.05, 3.63) is 34.3 Å². The van der Waals surface area contributed by atoms with E-state index in [0.717, 1.165) is 17.6 Å². The highest BCUT2D eigenvalue weighted by Crippen LogP contribution is 2.32. The van der Waals surface area contributed by atoms with Crippen molar-refractivity contribution >= 4 is 15.9 Å². The second kappa shape index (κ2) is 4.24. The highest BCUT2D eigenvalue weighted by atomic mass is 79.9. The molecule has 82 valence electrons. The van der Waals surface area contributed by atoms with Crippen LogP contribution >= 0.6 is 15.9 Å². The number of ether oxygens (including phenoxy) is 1.